The molecule has 0 aliphatic heterocycles. The van der Waals surface area contributed by atoms with Crippen molar-refractivity contribution in [3.63, 3.8) is 0 Å². The van der Waals surface area contributed by atoms with Gasteiger partial charge in [-0.25, -0.2) is 4.79 Å². The van der Waals surface area contributed by atoms with Gasteiger partial charge in [0.25, 0.3) is 5.69 Å². The van der Waals surface area contributed by atoms with Crippen LogP contribution in [0.3, 0.4) is 0 Å². The lowest BCUT2D eigenvalue weighted by Gasteiger charge is -2.08. The van der Waals surface area contributed by atoms with Crippen LogP contribution in [0.1, 0.15) is 23.7 Å². The summed E-state index contributed by atoms with van der Waals surface area (Å²) >= 11 is 0. The molecule has 0 aromatic heterocycles. The average Bonchev–Trinajstić information content (AvgIpc) is 2.34. The Balaban J connectivity index is 3.14. The van der Waals surface area contributed by atoms with E-state index in [0.29, 0.717) is 0 Å². The zero-order valence-electron chi connectivity index (χ0n) is 9.65. The van der Waals surface area contributed by atoms with Gasteiger partial charge in [0.1, 0.15) is 0 Å². The van der Waals surface area contributed by atoms with Crippen LogP contribution in [-0.2, 0) is 16.0 Å². The highest BCUT2D eigenvalue weighted by atomic mass is 16.6. The molecule has 0 amide bonds. The summed E-state index contributed by atoms with van der Waals surface area (Å²) in [7, 11) is 0. The second-order valence-corrected chi connectivity index (χ2v) is 3.78. The van der Waals surface area contributed by atoms with E-state index in [-0.39, 0.29) is 29.7 Å². The number of nitrogens with zero attached hydrogens (tertiary/aromatic N) is 1. The summed E-state index contributed by atoms with van der Waals surface area (Å²) in [6.45, 7) is 0. The monoisotopic (exact) mass is 269 g/mol. The van der Waals surface area contributed by atoms with Gasteiger partial charge in [-0.2, -0.15) is 0 Å². The number of nitro benzene ring substituents is 1. The number of hydrogen-bond acceptors (Lipinski definition) is 5. The Labute approximate surface area is 107 Å². The lowest BCUT2D eigenvalue weighted by molar-refractivity contribution is -0.385. The summed E-state index contributed by atoms with van der Waals surface area (Å²) in [5.74, 6) is -2.61. The van der Waals surface area contributed by atoms with Crippen molar-refractivity contribution in [1.29, 1.82) is 0 Å². The number of carbonyl (C=O) groups is 2. The number of carboxylic acids is 2. The SMILES string of the molecule is O=C(O)CCc1cc(C(O)C(=O)O)ccc1[N+](=O)[O-]. The average molecular weight is 269 g/mol. The standard InChI is InChI=1S/C11H11NO7/c13-9(14)4-2-6-5-7(10(15)11(16)17)1-3-8(6)12(18)19/h1,3,5,10,15H,2,4H2,(H,13,14)(H,16,17). The normalized spacial score (nSPS) is 11.8. The van der Waals surface area contributed by atoms with Gasteiger partial charge < -0.3 is 15.3 Å². The molecule has 19 heavy (non-hydrogen) atoms. The second-order valence-electron chi connectivity index (χ2n) is 3.78. The van der Waals surface area contributed by atoms with Crippen molar-refractivity contribution in [3.8, 4) is 0 Å². The molecule has 8 nitrogen and oxygen atoms in total. The molecule has 1 aromatic rings. The Morgan fingerprint density at radius 3 is 2.42 bits per heavy atom. The molecule has 0 spiro atoms. The molecular formula is C11H11NO7. The molecule has 0 saturated heterocycles. The van der Waals surface area contributed by atoms with Crippen LogP contribution in [0.5, 0.6) is 0 Å². The maximum Gasteiger partial charge on any atom is 0.337 e. The minimum absolute atomic E-state index is 0.0292. The summed E-state index contributed by atoms with van der Waals surface area (Å²) in [6.07, 6.45) is -2.25. The van der Waals surface area contributed by atoms with Gasteiger partial charge in [0.15, 0.2) is 6.10 Å². The smallest absolute Gasteiger partial charge is 0.337 e. The van der Waals surface area contributed by atoms with E-state index in [1.165, 1.54) is 0 Å². The van der Waals surface area contributed by atoms with E-state index in [4.69, 9.17) is 10.2 Å². The van der Waals surface area contributed by atoms with Crippen LogP contribution in [0.15, 0.2) is 18.2 Å². The second kappa shape index (κ2) is 5.91. The maximum absolute atomic E-state index is 10.8. The predicted molar refractivity (Wildman–Crippen MR) is 61.6 cm³/mol. The number of aliphatic carboxylic acids is 2. The number of rotatable bonds is 6. The molecule has 102 valence electrons. The predicted octanol–water partition coefficient (Wildman–Crippen LogP) is 0.730. The minimum Gasteiger partial charge on any atom is -0.481 e. The van der Waals surface area contributed by atoms with Gasteiger partial charge in [-0.05, 0) is 24.1 Å². The van der Waals surface area contributed by atoms with Crippen molar-refractivity contribution >= 4 is 17.6 Å². The number of benzene rings is 1. The van der Waals surface area contributed by atoms with Gasteiger partial charge in [-0.15, -0.1) is 0 Å². The zero-order valence-corrected chi connectivity index (χ0v) is 9.65. The van der Waals surface area contributed by atoms with Crippen LogP contribution in [0.2, 0.25) is 0 Å². The van der Waals surface area contributed by atoms with E-state index >= 15 is 0 Å². The highest BCUT2D eigenvalue weighted by Gasteiger charge is 2.21. The number of nitro groups is 1. The Hall–Kier alpha value is -2.48. The van der Waals surface area contributed by atoms with Crippen molar-refractivity contribution in [2.24, 2.45) is 0 Å². The largest absolute Gasteiger partial charge is 0.481 e. The van der Waals surface area contributed by atoms with Crippen molar-refractivity contribution < 1.29 is 29.8 Å². The van der Waals surface area contributed by atoms with E-state index in [2.05, 4.69) is 0 Å². The lowest BCUT2D eigenvalue weighted by Crippen LogP contribution is -2.11. The zero-order chi connectivity index (χ0) is 14.6. The number of aliphatic hydroxyl groups is 1. The van der Waals surface area contributed by atoms with Crippen LogP contribution in [0, 0.1) is 10.1 Å². The fraction of sp³-hybridized carbons (Fsp3) is 0.273. The van der Waals surface area contributed by atoms with Gasteiger partial charge >= 0.3 is 11.9 Å². The molecule has 0 heterocycles. The highest BCUT2D eigenvalue weighted by Crippen LogP contribution is 2.24. The molecule has 1 aromatic carbocycles. The van der Waals surface area contributed by atoms with Crippen LogP contribution in [0.25, 0.3) is 0 Å². The van der Waals surface area contributed by atoms with Crippen molar-refractivity contribution in [2.45, 2.75) is 18.9 Å². The summed E-state index contributed by atoms with van der Waals surface area (Å²) in [6, 6.07) is 3.32. The van der Waals surface area contributed by atoms with E-state index in [1.54, 1.807) is 0 Å². The Morgan fingerprint density at radius 2 is 1.95 bits per heavy atom. The molecule has 1 atom stereocenters. The van der Waals surface area contributed by atoms with E-state index in [1.807, 2.05) is 0 Å². The first-order chi connectivity index (χ1) is 8.82. The van der Waals surface area contributed by atoms with Gasteiger partial charge in [-0.1, -0.05) is 0 Å². The van der Waals surface area contributed by atoms with Gasteiger partial charge in [0.05, 0.1) is 4.92 Å². The third-order valence-corrected chi connectivity index (χ3v) is 2.46. The third-order valence-electron chi connectivity index (χ3n) is 2.46. The van der Waals surface area contributed by atoms with Crippen LogP contribution < -0.4 is 0 Å². The van der Waals surface area contributed by atoms with Crippen molar-refractivity contribution in [1.82, 2.24) is 0 Å². The van der Waals surface area contributed by atoms with Crippen LogP contribution >= 0.6 is 0 Å². The highest BCUT2D eigenvalue weighted by molar-refractivity contribution is 5.74. The van der Waals surface area contributed by atoms with E-state index in [9.17, 15) is 24.8 Å². The Bertz CT molecular complexity index is 526. The van der Waals surface area contributed by atoms with Crippen molar-refractivity contribution in [2.75, 3.05) is 0 Å². The van der Waals surface area contributed by atoms with E-state index < -0.39 is 23.0 Å². The first-order valence-corrected chi connectivity index (χ1v) is 5.22. The summed E-state index contributed by atoms with van der Waals surface area (Å²) in [5.41, 5.74) is -0.258. The van der Waals surface area contributed by atoms with Gasteiger partial charge in [0.2, 0.25) is 0 Å². The third kappa shape index (κ3) is 3.75. The van der Waals surface area contributed by atoms with Crippen LogP contribution in [-0.4, -0.2) is 32.2 Å². The van der Waals surface area contributed by atoms with E-state index in [0.717, 1.165) is 18.2 Å². The quantitative estimate of drug-likeness (QED) is 0.511. The topological polar surface area (TPSA) is 138 Å². The molecule has 0 saturated carbocycles. The maximum atomic E-state index is 10.8. The van der Waals surface area contributed by atoms with Gasteiger partial charge in [0, 0.05) is 18.1 Å². The molecule has 0 radical (unpaired) electrons. The Morgan fingerprint density at radius 1 is 1.32 bits per heavy atom. The molecule has 0 bridgehead atoms. The fourth-order valence-corrected chi connectivity index (χ4v) is 1.54. The molecule has 0 aliphatic rings. The summed E-state index contributed by atoms with van der Waals surface area (Å²) in [4.78, 5) is 31.2. The Kier molecular flexibility index (Phi) is 4.54. The number of carboxylic acid groups (broad SMARTS) is 2. The minimum atomic E-state index is -1.80. The molecule has 8 heteroatoms. The lowest BCUT2D eigenvalue weighted by atomic mass is 10.0. The molecule has 3 N–H and O–H groups in total. The molecule has 0 fully saturated rings. The first-order valence-electron chi connectivity index (χ1n) is 5.22. The summed E-state index contributed by atoms with van der Waals surface area (Å²) in [5, 5.41) is 37.3. The fourth-order valence-electron chi connectivity index (χ4n) is 1.54. The van der Waals surface area contributed by atoms with Crippen LogP contribution in [0.4, 0.5) is 5.69 Å². The number of hydrogen-bond donors (Lipinski definition) is 3. The molecule has 0 aliphatic carbocycles. The number of aryl methyl sites for hydroxylation is 1. The first kappa shape index (κ1) is 14.6. The molecule has 1 unspecified atom stereocenters. The van der Waals surface area contributed by atoms with Gasteiger partial charge in [-0.3, -0.25) is 14.9 Å². The molecular weight excluding hydrogens is 258 g/mol. The number of aliphatic hydroxyl groups excluding tert-OH is 1. The molecule has 1 rings (SSSR count). The summed E-state index contributed by atoms with van der Waals surface area (Å²) < 4.78 is 0. The van der Waals surface area contributed by atoms with Crippen molar-refractivity contribution in [3.05, 3.63) is 39.4 Å².